The first-order chi connectivity index (χ1) is 8.70. The highest BCUT2D eigenvalue weighted by atomic mass is 19.1. The van der Waals surface area contributed by atoms with Gasteiger partial charge in [0.25, 0.3) is 5.91 Å². The zero-order chi connectivity index (χ0) is 13.0. The largest absolute Gasteiger partial charge is 0.382 e. The number of benzene rings is 1. The molecule has 1 aromatic carbocycles. The summed E-state index contributed by atoms with van der Waals surface area (Å²) in [6.07, 6.45) is 0.724. The Morgan fingerprint density at radius 3 is 2.89 bits per heavy atom. The van der Waals surface area contributed by atoms with Gasteiger partial charge in [-0.3, -0.25) is 4.79 Å². The molecule has 1 aliphatic rings. The number of hydrogen-bond acceptors (Lipinski definition) is 3. The zero-order valence-corrected chi connectivity index (χ0v) is 10.1. The summed E-state index contributed by atoms with van der Waals surface area (Å²) in [5, 5.41) is 6.64. The van der Waals surface area contributed by atoms with Crippen molar-refractivity contribution in [2.75, 3.05) is 6.54 Å². The SMILES string of the molecule is CCCNC(=O)[C@H]1CC(c2ccc(F)cc2)=NO1. The van der Waals surface area contributed by atoms with Gasteiger partial charge in [-0.25, -0.2) is 4.39 Å². The monoisotopic (exact) mass is 250 g/mol. The third kappa shape index (κ3) is 2.85. The standard InChI is InChI=1S/C13H15FN2O2/c1-2-7-15-13(17)12-8-11(16-18-12)9-3-5-10(14)6-4-9/h3-6,12H,2,7-8H2,1H3,(H,15,17)/t12-/m1/s1. The van der Waals surface area contributed by atoms with Crippen LogP contribution in [0.1, 0.15) is 25.3 Å². The van der Waals surface area contributed by atoms with E-state index in [1.165, 1.54) is 12.1 Å². The molecule has 1 amide bonds. The van der Waals surface area contributed by atoms with Gasteiger partial charge < -0.3 is 10.2 Å². The number of nitrogens with zero attached hydrogens (tertiary/aromatic N) is 1. The predicted molar refractivity (Wildman–Crippen MR) is 65.7 cm³/mol. The van der Waals surface area contributed by atoms with Crippen molar-refractivity contribution in [3.05, 3.63) is 35.6 Å². The van der Waals surface area contributed by atoms with Gasteiger partial charge in [0.05, 0.1) is 5.71 Å². The summed E-state index contributed by atoms with van der Waals surface area (Å²) in [5.41, 5.74) is 1.45. The van der Waals surface area contributed by atoms with Crippen molar-refractivity contribution in [2.45, 2.75) is 25.9 Å². The van der Waals surface area contributed by atoms with Crippen LogP contribution in [-0.4, -0.2) is 24.3 Å². The van der Waals surface area contributed by atoms with Crippen molar-refractivity contribution in [2.24, 2.45) is 5.16 Å². The minimum absolute atomic E-state index is 0.155. The first-order valence-corrected chi connectivity index (χ1v) is 5.97. The van der Waals surface area contributed by atoms with Crippen LogP contribution < -0.4 is 5.32 Å². The number of halogens is 1. The molecule has 1 atom stereocenters. The van der Waals surface area contributed by atoms with E-state index in [2.05, 4.69) is 10.5 Å². The van der Waals surface area contributed by atoms with Crippen molar-refractivity contribution in [3.63, 3.8) is 0 Å². The quantitative estimate of drug-likeness (QED) is 0.886. The van der Waals surface area contributed by atoms with E-state index < -0.39 is 6.10 Å². The summed E-state index contributed by atoms with van der Waals surface area (Å²) in [6, 6.07) is 5.98. The minimum atomic E-state index is -0.573. The van der Waals surface area contributed by atoms with E-state index in [1.54, 1.807) is 12.1 Å². The normalized spacial score (nSPS) is 18.1. The van der Waals surface area contributed by atoms with Crippen LogP contribution in [0.15, 0.2) is 29.4 Å². The van der Waals surface area contributed by atoms with Gasteiger partial charge in [-0.05, 0) is 24.1 Å². The Morgan fingerprint density at radius 2 is 2.22 bits per heavy atom. The highest BCUT2D eigenvalue weighted by molar-refractivity contribution is 6.04. The molecular formula is C13H15FN2O2. The Balaban J connectivity index is 1.95. The van der Waals surface area contributed by atoms with Crippen LogP contribution in [0, 0.1) is 5.82 Å². The molecule has 1 aliphatic heterocycles. The van der Waals surface area contributed by atoms with Gasteiger partial charge >= 0.3 is 0 Å². The first kappa shape index (κ1) is 12.5. The summed E-state index contributed by atoms with van der Waals surface area (Å²) in [7, 11) is 0. The van der Waals surface area contributed by atoms with Crippen molar-refractivity contribution in [1.82, 2.24) is 5.32 Å². The van der Waals surface area contributed by atoms with Gasteiger partial charge in [0.1, 0.15) is 5.82 Å². The van der Waals surface area contributed by atoms with Crippen molar-refractivity contribution >= 4 is 11.6 Å². The number of oxime groups is 1. The minimum Gasteiger partial charge on any atom is -0.382 e. The molecule has 1 heterocycles. The maximum absolute atomic E-state index is 12.8. The van der Waals surface area contributed by atoms with Gasteiger partial charge in [0.15, 0.2) is 0 Å². The molecule has 18 heavy (non-hydrogen) atoms. The van der Waals surface area contributed by atoms with Crippen LogP contribution in [0.3, 0.4) is 0 Å². The fourth-order valence-corrected chi connectivity index (χ4v) is 1.69. The van der Waals surface area contributed by atoms with E-state index in [9.17, 15) is 9.18 Å². The number of rotatable bonds is 4. The third-order valence-electron chi connectivity index (χ3n) is 2.69. The van der Waals surface area contributed by atoms with Gasteiger partial charge in [0, 0.05) is 13.0 Å². The van der Waals surface area contributed by atoms with E-state index in [1.807, 2.05) is 6.92 Å². The van der Waals surface area contributed by atoms with E-state index in [0.29, 0.717) is 18.7 Å². The molecule has 0 saturated carbocycles. The fourth-order valence-electron chi connectivity index (χ4n) is 1.69. The molecule has 0 unspecified atom stereocenters. The molecule has 0 radical (unpaired) electrons. The number of amides is 1. The van der Waals surface area contributed by atoms with Crippen molar-refractivity contribution < 1.29 is 14.0 Å². The third-order valence-corrected chi connectivity index (χ3v) is 2.69. The number of carbonyl (C=O) groups is 1. The number of carbonyl (C=O) groups excluding carboxylic acids is 1. The first-order valence-electron chi connectivity index (χ1n) is 5.97. The second-order valence-corrected chi connectivity index (χ2v) is 4.13. The molecule has 0 spiro atoms. The molecule has 0 aromatic heterocycles. The second-order valence-electron chi connectivity index (χ2n) is 4.13. The maximum Gasteiger partial charge on any atom is 0.264 e. The lowest BCUT2D eigenvalue weighted by molar-refractivity contribution is -0.131. The zero-order valence-electron chi connectivity index (χ0n) is 10.1. The van der Waals surface area contributed by atoms with Crippen molar-refractivity contribution in [3.8, 4) is 0 Å². The van der Waals surface area contributed by atoms with Crippen molar-refractivity contribution in [1.29, 1.82) is 0 Å². The molecule has 96 valence electrons. The number of hydrogen-bond donors (Lipinski definition) is 1. The topological polar surface area (TPSA) is 50.7 Å². The Hall–Kier alpha value is -1.91. The summed E-state index contributed by atoms with van der Waals surface area (Å²) in [4.78, 5) is 16.8. The Morgan fingerprint density at radius 1 is 1.50 bits per heavy atom. The van der Waals surface area contributed by atoms with E-state index in [0.717, 1.165) is 12.0 Å². The van der Waals surface area contributed by atoms with Gasteiger partial charge in [-0.15, -0.1) is 0 Å². The second kappa shape index (κ2) is 5.62. The fraction of sp³-hybridized carbons (Fsp3) is 0.385. The Kier molecular flexibility index (Phi) is 3.92. The smallest absolute Gasteiger partial charge is 0.264 e. The molecule has 1 aromatic rings. The van der Waals surface area contributed by atoms with Gasteiger partial charge in [0.2, 0.25) is 6.10 Å². The molecule has 1 N–H and O–H groups in total. The molecule has 4 nitrogen and oxygen atoms in total. The van der Waals surface area contributed by atoms with Crippen LogP contribution >= 0.6 is 0 Å². The molecule has 0 fully saturated rings. The molecule has 0 aliphatic carbocycles. The van der Waals surface area contributed by atoms with Crippen LogP contribution in [0.4, 0.5) is 4.39 Å². The van der Waals surface area contributed by atoms with Gasteiger partial charge in [-0.2, -0.15) is 0 Å². The Labute approximate surface area is 105 Å². The summed E-state index contributed by atoms with van der Waals surface area (Å²) < 4.78 is 12.8. The van der Waals surface area contributed by atoms with Crippen LogP contribution in [-0.2, 0) is 9.63 Å². The molecule has 0 bridgehead atoms. The van der Waals surface area contributed by atoms with Gasteiger partial charge in [-0.1, -0.05) is 24.2 Å². The lowest BCUT2D eigenvalue weighted by Gasteiger charge is -2.08. The predicted octanol–water partition coefficient (Wildman–Crippen LogP) is 1.84. The molecule has 2 rings (SSSR count). The summed E-state index contributed by atoms with van der Waals surface area (Å²) >= 11 is 0. The molecule has 5 heteroatoms. The average molecular weight is 250 g/mol. The lowest BCUT2D eigenvalue weighted by Crippen LogP contribution is -2.35. The van der Waals surface area contributed by atoms with E-state index >= 15 is 0 Å². The lowest BCUT2D eigenvalue weighted by atomic mass is 10.0. The van der Waals surface area contributed by atoms with Crippen LogP contribution in [0.2, 0.25) is 0 Å². The average Bonchev–Trinajstić information content (AvgIpc) is 2.86. The molecule has 0 saturated heterocycles. The van der Waals surface area contributed by atoms with E-state index in [4.69, 9.17) is 4.84 Å². The molecular weight excluding hydrogens is 235 g/mol. The van der Waals surface area contributed by atoms with Crippen LogP contribution in [0.5, 0.6) is 0 Å². The number of nitrogens with one attached hydrogen (secondary N) is 1. The highest BCUT2D eigenvalue weighted by Crippen LogP contribution is 2.17. The van der Waals surface area contributed by atoms with Crippen LogP contribution in [0.25, 0.3) is 0 Å². The summed E-state index contributed by atoms with van der Waals surface area (Å²) in [6.45, 7) is 2.61. The Bertz CT molecular complexity index is 457. The maximum atomic E-state index is 12.8. The van der Waals surface area contributed by atoms with E-state index in [-0.39, 0.29) is 11.7 Å². The summed E-state index contributed by atoms with van der Waals surface area (Å²) in [5.74, 6) is -0.451. The highest BCUT2D eigenvalue weighted by Gasteiger charge is 2.28.